The number of hydrogen-bond acceptors (Lipinski definition) is 2. The zero-order valence-electron chi connectivity index (χ0n) is 10.1. The van der Waals surface area contributed by atoms with Crippen LogP contribution in [-0.4, -0.2) is 4.92 Å². The molecular formula is C13H6Cl2F3NO2. The standard InChI is InChI=1S/C13H6Cl2F3NO2/c14-10-3-1-7(5-11(10)15)9-6-8(13(16,17)18)2-4-12(9)19(20)21/h1-6H. The summed E-state index contributed by atoms with van der Waals surface area (Å²) in [4.78, 5) is 10.2. The van der Waals surface area contributed by atoms with Crippen molar-refractivity contribution in [1.82, 2.24) is 0 Å². The summed E-state index contributed by atoms with van der Waals surface area (Å²) in [6.45, 7) is 0. The number of nitrogens with zero attached hydrogens (tertiary/aromatic N) is 1. The van der Waals surface area contributed by atoms with E-state index < -0.39 is 22.4 Å². The third-order valence-electron chi connectivity index (χ3n) is 2.75. The normalized spacial score (nSPS) is 11.5. The molecule has 0 heterocycles. The van der Waals surface area contributed by atoms with Crippen LogP contribution in [0.15, 0.2) is 36.4 Å². The Morgan fingerprint density at radius 2 is 1.67 bits per heavy atom. The number of alkyl halides is 3. The van der Waals surface area contributed by atoms with Crippen LogP contribution in [0.5, 0.6) is 0 Å². The second kappa shape index (κ2) is 5.54. The first kappa shape index (κ1) is 15.6. The summed E-state index contributed by atoms with van der Waals surface area (Å²) < 4.78 is 38.2. The van der Waals surface area contributed by atoms with Gasteiger partial charge in [0.15, 0.2) is 0 Å². The van der Waals surface area contributed by atoms with Gasteiger partial charge in [-0.15, -0.1) is 0 Å². The highest BCUT2D eigenvalue weighted by Crippen LogP contribution is 2.38. The molecule has 2 aromatic carbocycles. The van der Waals surface area contributed by atoms with Crippen LogP contribution in [-0.2, 0) is 6.18 Å². The van der Waals surface area contributed by atoms with Crippen molar-refractivity contribution < 1.29 is 18.1 Å². The van der Waals surface area contributed by atoms with Gasteiger partial charge < -0.3 is 0 Å². The van der Waals surface area contributed by atoms with E-state index in [2.05, 4.69) is 0 Å². The molecule has 0 amide bonds. The lowest BCUT2D eigenvalue weighted by Gasteiger charge is -2.10. The number of nitro groups is 1. The van der Waals surface area contributed by atoms with Crippen molar-refractivity contribution in [2.24, 2.45) is 0 Å². The summed E-state index contributed by atoms with van der Waals surface area (Å²) in [5.41, 5.74) is -1.41. The molecule has 0 radical (unpaired) electrons. The minimum Gasteiger partial charge on any atom is -0.258 e. The van der Waals surface area contributed by atoms with Gasteiger partial charge >= 0.3 is 6.18 Å². The van der Waals surface area contributed by atoms with Gasteiger partial charge in [0.05, 0.1) is 26.1 Å². The Labute approximate surface area is 127 Å². The van der Waals surface area contributed by atoms with E-state index in [4.69, 9.17) is 23.2 Å². The lowest BCUT2D eigenvalue weighted by atomic mass is 10.0. The molecule has 0 bridgehead atoms. The van der Waals surface area contributed by atoms with Gasteiger partial charge in [0.1, 0.15) is 0 Å². The summed E-state index contributed by atoms with van der Waals surface area (Å²) in [6.07, 6.45) is -4.60. The maximum Gasteiger partial charge on any atom is 0.416 e. The summed E-state index contributed by atoms with van der Waals surface area (Å²) in [5.74, 6) is 0. The number of hydrogen-bond donors (Lipinski definition) is 0. The molecule has 2 aromatic rings. The molecular weight excluding hydrogens is 330 g/mol. The minimum absolute atomic E-state index is 0.0980. The Hall–Kier alpha value is -1.79. The van der Waals surface area contributed by atoms with Gasteiger partial charge in [-0.3, -0.25) is 10.1 Å². The third kappa shape index (κ3) is 3.28. The molecule has 0 saturated carbocycles. The molecule has 0 spiro atoms. The van der Waals surface area contributed by atoms with Crippen molar-refractivity contribution in [3.05, 3.63) is 62.1 Å². The Bertz CT molecular complexity index is 717. The van der Waals surface area contributed by atoms with Crippen molar-refractivity contribution >= 4 is 28.9 Å². The smallest absolute Gasteiger partial charge is 0.258 e. The van der Waals surface area contributed by atoms with Crippen LogP contribution >= 0.6 is 23.2 Å². The Balaban J connectivity index is 2.68. The van der Waals surface area contributed by atoms with E-state index in [1.54, 1.807) is 0 Å². The van der Waals surface area contributed by atoms with Crippen LogP contribution in [0.4, 0.5) is 18.9 Å². The summed E-state index contributed by atoms with van der Waals surface area (Å²) >= 11 is 11.5. The quantitative estimate of drug-likeness (QED) is 0.530. The fourth-order valence-corrected chi connectivity index (χ4v) is 2.06. The summed E-state index contributed by atoms with van der Waals surface area (Å²) in [6, 6.07) is 6.23. The highest BCUT2D eigenvalue weighted by Gasteiger charge is 2.32. The minimum atomic E-state index is -4.60. The van der Waals surface area contributed by atoms with Gasteiger partial charge in [-0.25, -0.2) is 0 Å². The molecule has 21 heavy (non-hydrogen) atoms. The first-order valence-electron chi connectivity index (χ1n) is 5.51. The van der Waals surface area contributed by atoms with Gasteiger partial charge in [-0.2, -0.15) is 13.2 Å². The first-order chi connectivity index (χ1) is 9.70. The van der Waals surface area contributed by atoms with E-state index in [-0.39, 0.29) is 21.2 Å². The van der Waals surface area contributed by atoms with Crippen molar-refractivity contribution in [1.29, 1.82) is 0 Å². The molecule has 0 atom stereocenters. The largest absolute Gasteiger partial charge is 0.416 e. The molecule has 0 aliphatic rings. The SMILES string of the molecule is O=[N+]([O-])c1ccc(C(F)(F)F)cc1-c1ccc(Cl)c(Cl)c1. The lowest BCUT2D eigenvalue weighted by molar-refractivity contribution is -0.384. The average molecular weight is 336 g/mol. The number of halogens is 5. The zero-order valence-corrected chi connectivity index (χ0v) is 11.6. The highest BCUT2D eigenvalue weighted by atomic mass is 35.5. The Morgan fingerprint density at radius 3 is 2.19 bits per heavy atom. The maximum absolute atomic E-state index is 12.7. The fourth-order valence-electron chi connectivity index (χ4n) is 1.77. The number of benzene rings is 2. The van der Waals surface area contributed by atoms with Gasteiger partial charge in [0.25, 0.3) is 5.69 Å². The highest BCUT2D eigenvalue weighted by molar-refractivity contribution is 6.42. The van der Waals surface area contributed by atoms with Crippen LogP contribution in [0.2, 0.25) is 10.0 Å². The Kier molecular flexibility index (Phi) is 4.11. The van der Waals surface area contributed by atoms with Gasteiger partial charge in [0.2, 0.25) is 0 Å². The zero-order chi connectivity index (χ0) is 15.8. The molecule has 3 nitrogen and oxygen atoms in total. The van der Waals surface area contributed by atoms with Crippen LogP contribution in [0.3, 0.4) is 0 Å². The lowest BCUT2D eigenvalue weighted by Crippen LogP contribution is -2.05. The van der Waals surface area contributed by atoms with E-state index in [9.17, 15) is 23.3 Å². The maximum atomic E-state index is 12.7. The molecule has 0 aliphatic heterocycles. The second-order valence-corrected chi connectivity index (χ2v) is 4.93. The molecule has 110 valence electrons. The molecule has 0 unspecified atom stereocenters. The van der Waals surface area contributed by atoms with E-state index in [1.165, 1.54) is 18.2 Å². The molecule has 2 rings (SSSR count). The first-order valence-corrected chi connectivity index (χ1v) is 6.27. The van der Waals surface area contributed by atoms with Crippen molar-refractivity contribution in [3.8, 4) is 11.1 Å². The third-order valence-corrected chi connectivity index (χ3v) is 3.49. The van der Waals surface area contributed by atoms with Crippen LogP contribution < -0.4 is 0 Å². The second-order valence-electron chi connectivity index (χ2n) is 4.12. The van der Waals surface area contributed by atoms with Crippen molar-refractivity contribution in [3.63, 3.8) is 0 Å². The van der Waals surface area contributed by atoms with Crippen LogP contribution in [0.25, 0.3) is 11.1 Å². The molecule has 0 aromatic heterocycles. The number of rotatable bonds is 2. The summed E-state index contributed by atoms with van der Waals surface area (Å²) in [7, 11) is 0. The van der Waals surface area contributed by atoms with Crippen molar-refractivity contribution in [2.75, 3.05) is 0 Å². The van der Waals surface area contributed by atoms with E-state index >= 15 is 0 Å². The van der Waals surface area contributed by atoms with E-state index in [1.807, 2.05) is 0 Å². The van der Waals surface area contributed by atoms with Gasteiger partial charge in [-0.05, 0) is 29.8 Å². The predicted molar refractivity (Wildman–Crippen MR) is 73.6 cm³/mol. The Morgan fingerprint density at radius 1 is 1.00 bits per heavy atom. The molecule has 8 heteroatoms. The van der Waals surface area contributed by atoms with E-state index in [0.717, 1.165) is 12.1 Å². The fraction of sp³-hybridized carbons (Fsp3) is 0.0769. The molecule has 0 saturated heterocycles. The topological polar surface area (TPSA) is 43.1 Å². The predicted octanol–water partition coefficient (Wildman–Crippen LogP) is 5.59. The van der Waals surface area contributed by atoms with Crippen molar-refractivity contribution in [2.45, 2.75) is 6.18 Å². The molecule has 0 aliphatic carbocycles. The van der Waals surface area contributed by atoms with E-state index in [0.29, 0.717) is 6.07 Å². The van der Waals surface area contributed by atoms with Gasteiger partial charge in [0, 0.05) is 6.07 Å². The molecule has 0 N–H and O–H groups in total. The molecule has 0 fully saturated rings. The number of nitro benzene ring substituents is 1. The van der Waals surface area contributed by atoms with Crippen LogP contribution in [0, 0.1) is 10.1 Å². The summed E-state index contributed by atoms with van der Waals surface area (Å²) in [5, 5.41) is 11.3. The van der Waals surface area contributed by atoms with Crippen LogP contribution in [0.1, 0.15) is 5.56 Å². The van der Waals surface area contributed by atoms with Gasteiger partial charge in [-0.1, -0.05) is 29.3 Å². The monoisotopic (exact) mass is 335 g/mol. The average Bonchev–Trinajstić information content (AvgIpc) is 2.40.